The van der Waals surface area contributed by atoms with Crippen molar-refractivity contribution in [2.75, 3.05) is 0 Å². The average molecular weight is 276 g/mol. The highest BCUT2D eigenvalue weighted by molar-refractivity contribution is 5.82. The number of nitrogens with one attached hydrogen (secondary N) is 1. The second-order valence-corrected chi connectivity index (χ2v) is 7.20. The maximum atomic E-state index is 12.2. The van der Waals surface area contributed by atoms with Gasteiger partial charge in [-0.05, 0) is 37.7 Å². The number of hydrogen-bond acceptors (Lipinski definition) is 2. The minimum absolute atomic E-state index is 0.0736. The summed E-state index contributed by atoms with van der Waals surface area (Å²) in [7, 11) is 0. The number of carbonyl (C=O) groups excluding carboxylic acids is 1. The molecule has 0 radical (unpaired) electrons. The lowest BCUT2D eigenvalue weighted by atomic mass is 9.86. The van der Waals surface area contributed by atoms with Gasteiger partial charge >= 0.3 is 0 Å². The summed E-state index contributed by atoms with van der Waals surface area (Å²) in [5.74, 6) is -0.0736. The SMILES string of the molecule is CC(C)(CCc1ccccc1)NC(=O)C(N)C(C)(C)C. The molecule has 0 heterocycles. The molecule has 20 heavy (non-hydrogen) atoms. The van der Waals surface area contributed by atoms with Crippen LogP contribution in [0.25, 0.3) is 0 Å². The molecule has 1 amide bonds. The Hall–Kier alpha value is -1.35. The highest BCUT2D eigenvalue weighted by atomic mass is 16.2. The number of hydrogen-bond donors (Lipinski definition) is 2. The molecule has 3 nitrogen and oxygen atoms in total. The third-order valence-corrected chi connectivity index (χ3v) is 3.56. The molecule has 0 aliphatic carbocycles. The van der Waals surface area contributed by atoms with Crippen molar-refractivity contribution in [3.8, 4) is 0 Å². The number of aryl methyl sites for hydroxylation is 1. The van der Waals surface area contributed by atoms with E-state index >= 15 is 0 Å². The molecule has 0 spiro atoms. The van der Waals surface area contributed by atoms with Crippen molar-refractivity contribution in [2.45, 2.75) is 59.0 Å². The van der Waals surface area contributed by atoms with Crippen LogP contribution in [0.2, 0.25) is 0 Å². The standard InChI is InChI=1S/C17H28N2O/c1-16(2,3)14(18)15(20)19-17(4,5)12-11-13-9-7-6-8-10-13/h6-10,14H,11-12,18H2,1-5H3,(H,19,20). The van der Waals surface area contributed by atoms with E-state index in [2.05, 4.69) is 17.4 Å². The Balaban J connectivity index is 2.55. The lowest BCUT2D eigenvalue weighted by molar-refractivity contribution is -0.126. The third kappa shape index (κ3) is 5.33. The van der Waals surface area contributed by atoms with Crippen molar-refractivity contribution in [1.82, 2.24) is 5.32 Å². The molecular formula is C17H28N2O. The molecule has 0 saturated carbocycles. The Bertz CT molecular complexity index is 432. The fraction of sp³-hybridized carbons (Fsp3) is 0.588. The zero-order valence-electron chi connectivity index (χ0n) is 13.4. The Morgan fingerprint density at radius 1 is 1.15 bits per heavy atom. The Labute approximate surface area is 122 Å². The normalized spacial score (nSPS) is 13.9. The fourth-order valence-electron chi connectivity index (χ4n) is 1.97. The van der Waals surface area contributed by atoms with Gasteiger partial charge in [0.1, 0.15) is 0 Å². The van der Waals surface area contributed by atoms with Crippen LogP contribution in [0, 0.1) is 5.41 Å². The highest BCUT2D eigenvalue weighted by Crippen LogP contribution is 2.19. The smallest absolute Gasteiger partial charge is 0.237 e. The summed E-state index contributed by atoms with van der Waals surface area (Å²) in [4.78, 5) is 12.2. The first-order valence-corrected chi connectivity index (χ1v) is 7.23. The summed E-state index contributed by atoms with van der Waals surface area (Å²) in [5.41, 5.74) is 6.81. The molecule has 0 aliphatic heterocycles. The van der Waals surface area contributed by atoms with E-state index in [1.54, 1.807) is 0 Å². The molecule has 0 bridgehead atoms. The zero-order chi connectivity index (χ0) is 15.4. The van der Waals surface area contributed by atoms with Gasteiger partial charge in [0.05, 0.1) is 6.04 Å². The van der Waals surface area contributed by atoms with Gasteiger partial charge in [-0.2, -0.15) is 0 Å². The van der Waals surface area contributed by atoms with Gasteiger partial charge in [0, 0.05) is 5.54 Å². The van der Waals surface area contributed by atoms with Crippen molar-refractivity contribution in [2.24, 2.45) is 11.1 Å². The highest BCUT2D eigenvalue weighted by Gasteiger charge is 2.30. The second kappa shape index (κ2) is 6.40. The molecule has 0 aliphatic rings. The van der Waals surface area contributed by atoms with Crippen molar-refractivity contribution in [1.29, 1.82) is 0 Å². The maximum Gasteiger partial charge on any atom is 0.237 e. The predicted octanol–water partition coefficient (Wildman–Crippen LogP) is 2.89. The maximum absolute atomic E-state index is 12.2. The van der Waals surface area contributed by atoms with Crippen LogP contribution in [0.1, 0.15) is 46.6 Å². The molecule has 1 rings (SSSR count). The van der Waals surface area contributed by atoms with Crippen LogP contribution in [0.5, 0.6) is 0 Å². The zero-order valence-corrected chi connectivity index (χ0v) is 13.4. The number of amides is 1. The van der Waals surface area contributed by atoms with Gasteiger partial charge in [-0.15, -0.1) is 0 Å². The van der Waals surface area contributed by atoms with E-state index in [1.165, 1.54) is 5.56 Å². The summed E-state index contributed by atoms with van der Waals surface area (Å²) in [6.07, 6.45) is 1.83. The van der Waals surface area contributed by atoms with E-state index in [0.717, 1.165) is 12.8 Å². The van der Waals surface area contributed by atoms with Crippen molar-refractivity contribution in [3.05, 3.63) is 35.9 Å². The molecular weight excluding hydrogens is 248 g/mol. The van der Waals surface area contributed by atoms with Gasteiger partial charge < -0.3 is 11.1 Å². The van der Waals surface area contributed by atoms with Crippen molar-refractivity contribution in [3.63, 3.8) is 0 Å². The summed E-state index contributed by atoms with van der Waals surface area (Å²) < 4.78 is 0. The van der Waals surface area contributed by atoms with Gasteiger partial charge in [-0.25, -0.2) is 0 Å². The largest absolute Gasteiger partial charge is 0.350 e. The van der Waals surface area contributed by atoms with Crippen LogP contribution in [0.4, 0.5) is 0 Å². The van der Waals surface area contributed by atoms with E-state index in [1.807, 2.05) is 52.8 Å². The van der Waals surface area contributed by atoms with E-state index in [-0.39, 0.29) is 16.9 Å². The molecule has 0 fully saturated rings. The lowest BCUT2D eigenvalue weighted by Gasteiger charge is -2.32. The Morgan fingerprint density at radius 2 is 1.70 bits per heavy atom. The van der Waals surface area contributed by atoms with Crippen molar-refractivity contribution < 1.29 is 4.79 Å². The first kappa shape index (κ1) is 16.7. The van der Waals surface area contributed by atoms with Crippen LogP contribution >= 0.6 is 0 Å². The van der Waals surface area contributed by atoms with E-state index in [0.29, 0.717) is 0 Å². The van der Waals surface area contributed by atoms with Gasteiger partial charge in [0.25, 0.3) is 0 Å². The van der Waals surface area contributed by atoms with Crippen LogP contribution < -0.4 is 11.1 Å². The summed E-state index contributed by atoms with van der Waals surface area (Å²) in [6.45, 7) is 10.0. The number of nitrogens with two attached hydrogens (primary N) is 1. The summed E-state index contributed by atoms with van der Waals surface area (Å²) in [5, 5.41) is 3.07. The minimum atomic E-state index is -0.487. The summed E-state index contributed by atoms with van der Waals surface area (Å²) in [6, 6.07) is 9.82. The third-order valence-electron chi connectivity index (χ3n) is 3.56. The molecule has 112 valence electrons. The topological polar surface area (TPSA) is 55.1 Å². The van der Waals surface area contributed by atoms with E-state index < -0.39 is 6.04 Å². The van der Waals surface area contributed by atoms with Gasteiger partial charge in [0.15, 0.2) is 0 Å². The quantitative estimate of drug-likeness (QED) is 0.869. The molecule has 1 aromatic rings. The average Bonchev–Trinajstić information content (AvgIpc) is 2.35. The molecule has 1 unspecified atom stereocenters. The second-order valence-electron chi connectivity index (χ2n) is 7.20. The lowest BCUT2D eigenvalue weighted by Crippen LogP contribution is -2.54. The first-order chi connectivity index (χ1) is 9.12. The van der Waals surface area contributed by atoms with E-state index in [9.17, 15) is 4.79 Å². The molecule has 3 heteroatoms. The van der Waals surface area contributed by atoms with Crippen LogP contribution in [0.15, 0.2) is 30.3 Å². The monoisotopic (exact) mass is 276 g/mol. The van der Waals surface area contributed by atoms with Crippen LogP contribution in [-0.4, -0.2) is 17.5 Å². The van der Waals surface area contributed by atoms with E-state index in [4.69, 9.17) is 5.73 Å². The van der Waals surface area contributed by atoms with Crippen molar-refractivity contribution >= 4 is 5.91 Å². The van der Waals surface area contributed by atoms with Crippen LogP contribution in [0.3, 0.4) is 0 Å². The number of carbonyl (C=O) groups is 1. The predicted molar refractivity (Wildman–Crippen MR) is 84.4 cm³/mol. The number of benzene rings is 1. The minimum Gasteiger partial charge on any atom is -0.350 e. The molecule has 0 saturated heterocycles. The fourth-order valence-corrected chi connectivity index (χ4v) is 1.97. The Kier molecular flexibility index (Phi) is 5.35. The van der Waals surface area contributed by atoms with Gasteiger partial charge in [-0.1, -0.05) is 51.1 Å². The van der Waals surface area contributed by atoms with Crippen LogP contribution in [-0.2, 0) is 11.2 Å². The van der Waals surface area contributed by atoms with Gasteiger partial charge in [-0.3, -0.25) is 4.79 Å². The first-order valence-electron chi connectivity index (χ1n) is 7.23. The number of rotatable bonds is 5. The molecule has 1 atom stereocenters. The Morgan fingerprint density at radius 3 is 2.20 bits per heavy atom. The molecule has 1 aromatic carbocycles. The summed E-state index contributed by atoms with van der Waals surface area (Å²) >= 11 is 0. The van der Waals surface area contributed by atoms with Gasteiger partial charge in [0.2, 0.25) is 5.91 Å². The molecule has 3 N–H and O–H groups in total. The molecule has 0 aromatic heterocycles.